The van der Waals surface area contributed by atoms with E-state index >= 15 is 0 Å². The second kappa shape index (κ2) is 15.2. The number of aryl methyl sites for hydroxylation is 2. The highest BCUT2D eigenvalue weighted by Gasteiger charge is 2.40. The molecule has 11 heteroatoms. The summed E-state index contributed by atoms with van der Waals surface area (Å²) in [5.41, 5.74) is 2.28. The number of benzene rings is 1. The van der Waals surface area contributed by atoms with E-state index in [1.165, 1.54) is 0 Å². The van der Waals surface area contributed by atoms with E-state index in [1.807, 2.05) is 43.7 Å². The van der Waals surface area contributed by atoms with Crippen LogP contribution in [-0.2, 0) is 4.74 Å². The van der Waals surface area contributed by atoms with Gasteiger partial charge in [0.25, 0.3) is 5.92 Å². The SMILES string of the molecule is C=C(F)C=C(F)C(=CC)C(CCOCN1CCC(c2nc(C)nn2-c2ccc(Cl)c(C)c2)CC1)CC(C)N1CCC(F)(F)C1. The number of hydrogen-bond donors (Lipinski definition) is 0. The molecule has 44 heavy (non-hydrogen) atoms. The number of piperidine rings is 1. The monoisotopic (exact) mass is 637 g/mol. The van der Waals surface area contributed by atoms with E-state index < -0.39 is 17.6 Å². The first-order valence-electron chi connectivity index (χ1n) is 15.4. The lowest BCUT2D eigenvalue weighted by Crippen LogP contribution is -2.36. The van der Waals surface area contributed by atoms with Crippen LogP contribution in [0, 0.1) is 19.8 Å². The second-order valence-corrected chi connectivity index (χ2v) is 12.5. The van der Waals surface area contributed by atoms with Crippen molar-refractivity contribution in [3.05, 3.63) is 76.4 Å². The molecule has 1 aromatic carbocycles. The van der Waals surface area contributed by atoms with Crippen molar-refractivity contribution >= 4 is 11.6 Å². The minimum atomic E-state index is -2.70. The van der Waals surface area contributed by atoms with Gasteiger partial charge in [-0.2, -0.15) is 5.10 Å². The molecule has 2 atom stereocenters. The molecule has 1 aromatic heterocycles. The molecule has 0 bridgehead atoms. The van der Waals surface area contributed by atoms with Crippen LogP contribution in [0.1, 0.15) is 69.1 Å². The number of hydrogen-bond acceptors (Lipinski definition) is 5. The Morgan fingerprint density at radius 3 is 2.55 bits per heavy atom. The molecule has 0 amide bonds. The topological polar surface area (TPSA) is 46.4 Å². The molecule has 3 heterocycles. The highest BCUT2D eigenvalue weighted by Crippen LogP contribution is 2.34. The largest absolute Gasteiger partial charge is 0.366 e. The Bertz CT molecular complexity index is 1350. The summed E-state index contributed by atoms with van der Waals surface area (Å²) in [6, 6.07) is 5.67. The van der Waals surface area contributed by atoms with Crippen LogP contribution in [0.25, 0.3) is 5.69 Å². The maximum Gasteiger partial charge on any atom is 0.261 e. The lowest BCUT2D eigenvalue weighted by atomic mass is 9.88. The zero-order valence-electron chi connectivity index (χ0n) is 26.1. The molecular weight excluding hydrogens is 594 g/mol. The summed E-state index contributed by atoms with van der Waals surface area (Å²) in [5.74, 6) is -2.66. The third-order valence-corrected chi connectivity index (χ3v) is 9.14. The van der Waals surface area contributed by atoms with Crippen molar-refractivity contribution in [1.29, 1.82) is 0 Å². The highest BCUT2D eigenvalue weighted by molar-refractivity contribution is 6.31. The van der Waals surface area contributed by atoms with Crippen LogP contribution in [-0.4, -0.2) is 76.0 Å². The van der Waals surface area contributed by atoms with E-state index in [2.05, 4.69) is 16.6 Å². The van der Waals surface area contributed by atoms with Crippen LogP contribution in [0.5, 0.6) is 0 Å². The summed E-state index contributed by atoms with van der Waals surface area (Å²) in [5, 5.41) is 5.36. The molecule has 2 aliphatic heterocycles. The van der Waals surface area contributed by atoms with Crippen molar-refractivity contribution in [2.45, 2.75) is 77.7 Å². The van der Waals surface area contributed by atoms with E-state index in [0.717, 1.165) is 54.9 Å². The smallest absolute Gasteiger partial charge is 0.261 e. The van der Waals surface area contributed by atoms with Gasteiger partial charge in [-0.1, -0.05) is 24.3 Å². The Morgan fingerprint density at radius 2 is 1.93 bits per heavy atom. The quantitative estimate of drug-likeness (QED) is 0.126. The number of likely N-dealkylation sites (tertiary alicyclic amines) is 2. The summed E-state index contributed by atoms with van der Waals surface area (Å²) in [6.45, 7) is 13.1. The van der Waals surface area contributed by atoms with E-state index in [0.29, 0.717) is 43.3 Å². The molecular formula is C33H44ClF4N5O. The summed E-state index contributed by atoms with van der Waals surface area (Å²) in [4.78, 5) is 8.74. The van der Waals surface area contributed by atoms with Crippen molar-refractivity contribution in [3.63, 3.8) is 0 Å². The number of rotatable bonds is 13. The molecule has 2 aliphatic rings. The summed E-state index contributed by atoms with van der Waals surface area (Å²) < 4.78 is 64.1. The molecule has 2 saturated heterocycles. The molecule has 6 nitrogen and oxygen atoms in total. The summed E-state index contributed by atoms with van der Waals surface area (Å²) >= 11 is 6.23. The van der Waals surface area contributed by atoms with Gasteiger partial charge in [0.05, 0.1) is 19.0 Å². The molecule has 0 saturated carbocycles. The number of allylic oxidation sites excluding steroid dienone is 5. The first-order chi connectivity index (χ1) is 20.9. The first kappa shape index (κ1) is 34.3. The Hall–Kier alpha value is -2.53. The Morgan fingerprint density at radius 1 is 1.20 bits per heavy atom. The fraction of sp³-hybridized carbons (Fsp3) is 0.576. The van der Waals surface area contributed by atoms with E-state index in [9.17, 15) is 17.6 Å². The van der Waals surface area contributed by atoms with Crippen molar-refractivity contribution in [1.82, 2.24) is 24.6 Å². The number of alkyl halides is 2. The highest BCUT2D eigenvalue weighted by atomic mass is 35.5. The van der Waals surface area contributed by atoms with Gasteiger partial charge in [-0.3, -0.25) is 9.80 Å². The maximum atomic E-state index is 15.0. The van der Waals surface area contributed by atoms with Gasteiger partial charge in [0.2, 0.25) is 0 Å². The van der Waals surface area contributed by atoms with Crippen LogP contribution in [0.4, 0.5) is 17.6 Å². The van der Waals surface area contributed by atoms with Crippen LogP contribution in [0.15, 0.2) is 54.2 Å². The second-order valence-electron chi connectivity index (χ2n) is 12.1. The van der Waals surface area contributed by atoms with Crippen molar-refractivity contribution in [2.24, 2.45) is 5.92 Å². The van der Waals surface area contributed by atoms with Gasteiger partial charge in [-0.15, -0.1) is 0 Å². The van der Waals surface area contributed by atoms with Gasteiger partial charge in [-0.25, -0.2) is 27.2 Å². The van der Waals surface area contributed by atoms with Gasteiger partial charge in [0, 0.05) is 55.7 Å². The number of halogens is 5. The Labute approximate surface area is 263 Å². The maximum absolute atomic E-state index is 15.0. The standard InChI is InChI=1S/C33H44ClF4N5O/c1-6-29(31(36)18-23(3)35)27(19-24(4)42-15-12-33(37,38)20-42)11-16-44-21-41-13-9-26(10-14-41)32-39-25(5)40-43(32)28-7-8-30(34)22(2)17-28/h6-8,17-18,24,26-27H,3,9-16,19-21H2,1-2,4-5H3. The van der Waals surface area contributed by atoms with Gasteiger partial charge in [-0.05, 0) is 88.6 Å². The Kier molecular flexibility index (Phi) is 11.8. The number of aromatic nitrogens is 3. The molecule has 0 spiro atoms. The number of nitrogens with zero attached hydrogens (tertiary/aromatic N) is 5. The molecule has 0 N–H and O–H groups in total. The van der Waals surface area contributed by atoms with Gasteiger partial charge in [0.15, 0.2) is 0 Å². The summed E-state index contributed by atoms with van der Waals surface area (Å²) in [7, 11) is 0. The zero-order chi connectivity index (χ0) is 32.0. The van der Waals surface area contributed by atoms with Crippen molar-refractivity contribution in [2.75, 3.05) is 39.5 Å². The molecule has 2 aromatic rings. The lowest BCUT2D eigenvalue weighted by molar-refractivity contribution is 0.00428. The third kappa shape index (κ3) is 9.02. The van der Waals surface area contributed by atoms with Gasteiger partial charge >= 0.3 is 0 Å². The predicted molar refractivity (Wildman–Crippen MR) is 167 cm³/mol. The lowest BCUT2D eigenvalue weighted by Gasteiger charge is -2.32. The number of ether oxygens (including phenoxy) is 1. The first-order valence-corrected chi connectivity index (χ1v) is 15.7. The molecule has 4 rings (SSSR count). The molecule has 242 valence electrons. The average Bonchev–Trinajstić information content (AvgIpc) is 3.54. The minimum absolute atomic E-state index is 0.174. The minimum Gasteiger partial charge on any atom is -0.366 e. The van der Waals surface area contributed by atoms with E-state index in [1.54, 1.807) is 17.9 Å². The van der Waals surface area contributed by atoms with Crippen LogP contribution in [0.3, 0.4) is 0 Å². The van der Waals surface area contributed by atoms with Gasteiger partial charge < -0.3 is 4.74 Å². The molecule has 0 radical (unpaired) electrons. The van der Waals surface area contributed by atoms with Crippen molar-refractivity contribution in [3.8, 4) is 5.69 Å². The van der Waals surface area contributed by atoms with Crippen molar-refractivity contribution < 1.29 is 22.3 Å². The van der Waals surface area contributed by atoms with Crippen LogP contribution in [0.2, 0.25) is 5.02 Å². The zero-order valence-corrected chi connectivity index (χ0v) is 26.9. The average molecular weight is 638 g/mol. The fourth-order valence-electron chi connectivity index (χ4n) is 6.28. The molecule has 0 aliphatic carbocycles. The van der Waals surface area contributed by atoms with Crippen LogP contribution >= 0.6 is 11.6 Å². The molecule has 2 fully saturated rings. The third-order valence-electron chi connectivity index (χ3n) is 8.72. The summed E-state index contributed by atoms with van der Waals surface area (Å²) in [6.07, 6.45) is 4.97. The molecule has 2 unspecified atom stereocenters. The normalized spacial score (nSPS) is 20.3. The van der Waals surface area contributed by atoms with Crippen LogP contribution < -0.4 is 0 Å². The fourth-order valence-corrected chi connectivity index (χ4v) is 6.39. The van der Waals surface area contributed by atoms with E-state index in [4.69, 9.17) is 21.3 Å². The van der Waals surface area contributed by atoms with E-state index in [-0.39, 0.29) is 30.8 Å². The van der Waals surface area contributed by atoms with Gasteiger partial charge in [0.1, 0.15) is 23.3 Å². The predicted octanol–water partition coefficient (Wildman–Crippen LogP) is 8.10. The Balaban J connectivity index is 1.32.